The molecule has 0 unspecified atom stereocenters. The summed E-state index contributed by atoms with van der Waals surface area (Å²) in [7, 11) is 0. The Morgan fingerprint density at radius 3 is 2.00 bits per heavy atom. The second-order valence-corrected chi connectivity index (χ2v) is 8.27. The molecule has 1 aliphatic rings. The Kier molecular flexibility index (Phi) is 9.20. The first kappa shape index (κ1) is 23.9. The van der Waals surface area contributed by atoms with Crippen molar-refractivity contribution in [3.05, 3.63) is 90.8 Å². The van der Waals surface area contributed by atoms with Crippen LogP contribution in [0.1, 0.15) is 45.4 Å². The number of halogens is 3. The molecule has 2 nitrogen and oxygen atoms in total. The van der Waals surface area contributed by atoms with Crippen molar-refractivity contribution in [1.82, 2.24) is 9.55 Å². The minimum absolute atomic E-state index is 0.106. The third-order valence-corrected chi connectivity index (χ3v) is 5.90. The van der Waals surface area contributed by atoms with Crippen LogP contribution >= 0.6 is 0 Å². The van der Waals surface area contributed by atoms with E-state index in [0.717, 1.165) is 17.3 Å². The van der Waals surface area contributed by atoms with Crippen molar-refractivity contribution >= 4 is 17.6 Å². The van der Waals surface area contributed by atoms with Crippen molar-refractivity contribution < 1.29 is 13.2 Å². The van der Waals surface area contributed by atoms with Crippen LogP contribution in [0, 0.1) is 11.6 Å². The van der Waals surface area contributed by atoms with Crippen LogP contribution in [-0.2, 0) is 6.54 Å². The van der Waals surface area contributed by atoms with Crippen molar-refractivity contribution in [3.8, 4) is 0 Å². The fourth-order valence-corrected chi connectivity index (χ4v) is 4.39. The van der Waals surface area contributed by atoms with Gasteiger partial charge in [0.25, 0.3) is 0 Å². The summed E-state index contributed by atoms with van der Waals surface area (Å²) in [6.45, 7) is 2.45. The summed E-state index contributed by atoms with van der Waals surface area (Å²) in [5, 5.41) is 0. The third kappa shape index (κ3) is 7.15. The predicted molar refractivity (Wildman–Crippen MR) is 126 cm³/mol. The summed E-state index contributed by atoms with van der Waals surface area (Å²) in [6.07, 6.45) is 13.5. The number of allylic oxidation sites excluding steroid dienone is 2. The zero-order valence-electron chi connectivity index (χ0n) is 18.6. The SMILES string of the molecule is CCC=C(F)Cn1ccnc1.Fc1ccc(B(c2ccc(F)cc2)C2CCCCC2)cc1. The molecule has 1 aromatic heterocycles. The highest BCUT2D eigenvalue weighted by Gasteiger charge is 2.30. The number of imidazole rings is 1. The third-order valence-electron chi connectivity index (χ3n) is 5.90. The first-order chi connectivity index (χ1) is 15.6. The number of nitrogens with zero attached hydrogens (tertiary/aromatic N) is 2. The molecule has 0 atom stereocenters. The lowest BCUT2D eigenvalue weighted by Crippen LogP contribution is -2.46. The maximum atomic E-state index is 13.2. The van der Waals surface area contributed by atoms with E-state index in [0.29, 0.717) is 12.4 Å². The normalized spacial score (nSPS) is 14.6. The van der Waals surface area contributed by atoms with Crippen molar-refractivity contribution in [1.29, 1.82) is 0 Å². The van der Waals surface area contributed by atoms with E-state index in [1.807, 2.05) is 31.2 Å². The van der Waals surface area contributed by atoms with E-state index in [4.69, 9.17) is 0 Å². The van der Waals surface area contributed by atoms with E-state index in [9.17, 15) is 13.2 Å². The molecule has 32 heavy (non-hydrogen) atoms. The predicted octanol–water partition coefficient (Wildman–Crippen LogP) is 6.05. The molecule has 4 rings (SSSR count). The highest BCUT2D eigenvalue weighted by molar-refractivity contribution is 6.86. The van der Waals surface area contributed by atoms with Gasteiger partial charge in [-0.2, -0.15) is 0 Å². The number of aromatic nitrogens is 2. The Morgan fingerprint density at radius 2 is 1.53 bits per heavy atom. The van der Waals surface area contributed by atoms with Crippen molar-refractivity contribution in [2.45, 2.75) is 57.8 Å². The number of hydrogen-bond donors (Lipinski definition) is 0. The molecule has 6 heteroatoms. The summed E-state index contributed by atoms with van der Waals surface area (Å²) in [5.74, 6) is 0.0423. The zero-order valence-corrected chi connectivity index (χ0v) is 18.6. The van der Waals surface area contributed by atoms with E-state index < -0.39 is 0 Å². The summed E-state index contributed by atoms with van der Waals surface area (Å²) in [6, 6.07) is 13.6. The van der Waals surface area contributed by atoms with Crippen LogP contribution in [0.15, 0.2) is 79.2 Å². The average Bonchev–Trinajstić information content (AvgIpc) is 3.31. The molecule has 0 aliphatic heterocycles. The molecule has 3 aromatic rings. The van der Waals surface area contributed by atoms with Gasteiger partial charge in [0.15, 0.2) is 0 Å². The molecule has 1 saturated carbocycles. The van der Waals surface area contributed by atoms with Crippen molar-refractivity contribution in [3.63, 3.8) is 0 Å². The lowest BCUT2D eigenvalue weighted by atomic mass is 9.32. The Labute approximate surface area is 189 Å². The lowest BCUT2D eigenvalue weighted by Gasteiger charge is -2.28. The van der Waals surface area contributed by atoms with Gasteiger partial charge in [-0.3, -0.25) is 0 Å². The van der Waals surface area contributed by atoms with E-state index in [1.54, 1.807) is 29.4 Å². The molecule has 2 aromatic carbocycles. The fourth-order valence-electron chi connectivity index (χ4n) is 4.39. The van der Waals surface area contributed by atoms with Gasteiger partial charge in [-0.25, -0.2) is 18.2 Å². The summed E-state index contributed by atoms with van der Waals surface area (Å²) in [4.78, 5) is 3.80. The quantitative estimate of drug-likeness (QED) is 0.428. The van der Waals surface area contributed by atoms with Crippen molar-refractivity contribution in [2.75, 3.05) is 0 Å². The zero-order chi connectivity index (χ0) is 22.8. The van der Waals surface area contributed by atoms with Crippen LogP contribution in [0.2, 0.25) is 5.82 Å². The monoisotopic (exact) mass is 438 g/mol. The van der Waals surface area contributed by atoms with Crippen molar-refractivity contribution in [2.24, 2.45) is 0 Å². The van der Waals surface area contributed by atoms with Gasteiger partial charge in [-0.15, -0.1) is 0 Å². The lowest BCUT2D eigenvalue weighted by molar-refractivity contribution is 0.499. The van der Waals surface area contributed by atoms with E-state index in [2.05, 4.69) is 4.98 Å². The fraction of sp³-hybridized carbons (Fsp3) is 0.346. The Balaban J connectivity index is 0.000000222. The second-order valence-electron chi connectivity index (χ2n) is 8.27. The van der Waals surface area contributed by atoms with Gasteiger partial charge in [-0.1, -0.05) is 86.1 Å². The van der Waals surface area contributed by atoms with E-state index in [-0.39, 0.29) is 24.2 Å². The second kappa shape index (κ2) is 12.3. The molecule has 0 spiro atoms. The molecule has 1 heterocycles. The molecule has 0 radical (unpaired) electrons. The topological polar surface area (TPSA) is 17.8 Å². The standard InChI is InChI=1S/C18H19BF2.C8H11FN2/c20-17-10-6-15(7-11-17)19(14-4-2-1-3-5-14)16-8-12-18(21)13-9-16;1-2-3-8(9)6-11-5-4-10-7-11/h6-14H,1-5H2;3-5,7H,2,6H2,1H3. The summed E-state index contributed by atoms with van der Waals surface area (Å²) < 4.78 is 40.9. The van der Waals surface area contributed by atoms with Gasteiger partial charge in [0.2, 0.25) is 6.71 Å². The first-order valence-electron chi connectivity index (χ1n) is 11.4. The molecule has 168 valence electrons. The molecular formula is C26H30BF3N2. The van der Waals surface area contributed by atoms with Crippen LogP contribution in [0.25, 0.3) is 0 Å². The maximum absolute atomic E-state index is 13.2. The first-order valence-corrected chi connectivity index (χ1v) is 11.4. The van der Waals surface area contributed by atoms with Gasteiger partial charge in [-0.05, 0) is 30.7 Å². The van der Waals surface area contributed by atoms with Gasteiger partial charge < -0.3 is 4.57 Å². The minimum atomic E-state index is -0.208. The minimum Gasteiger partial charge on any atom is -0.331 e. The number of hydrogen-bond acceptors (Lipinski definition) is 1. The molecule has 1 fully saturated rings. The van der Waals surface area contributed by atoms with Gasteiger partial charge in [0, 0.05) is 12.4 Å². The van der Waals surface area contributed by atoms with Crippen LogP contribution in [0.4, 0.5) is 13.2 Å². The number of benzene rings is 2. The highest BCUT2D eigenvalue weighted by atomic mass is 19.1. The number of rotatable bonds is 6. The molecule has 0 N–H and O–H groups in total. The largest absolute Gasteiger partial charge is 0.331 e. The molecule has 1 aliphatic carbocycles. The molecule has 0 saturated heterocycles. The Bertz CT molecular complexity index is 902. The van der Waals surface area contributed by atoms with Crippen LogP contribution < -0.4 is 10.9 Å². The molecule has 0 bridgehead atoms. The summed E-state index contributed by atoms with van der Waals surface area (Å²) >= 11 is 0. The van der Waals surface area contributed by atoms with Gasteiger partial charge in [0.05, 0.1) is 12.9 Å². The van der Waals surface area contributed by atoms with Crippen LogP contribution in [0.5, 0.6) is 0 Å². The molecular weight excluding hydrogens is 408 g/mol. The maximum Gasteiger partial charge on any atom is 0.212 e. The van der Waals surface area contributed by atoms with Gasteiger partial charge >= 0.3 is 0 Å². The average molecular weight is 438 g/mol. The van der Waals surface area contributed by atoms with Gasteiger partial charge in [0.1, 0.15) is 17.5 Å². The molecule has 0 amide bonds. The van der Waals surface area contributed by atoms with E-state index >= 15 is 0 Å². The summed E-state index contributed by atoms with van der Waals surface area (Å²) in [5.41, 5.74) is 2.27. The Morgan fingerprint density at radius 1 is 0.969 bits per heavy atom. The Hall–Kier alpha value is -2.76. The van der Waals surface area contributed by atoms with E-state index in [1.165, 1.54) is 56.4 Å². The smallest absolute Gasteiger partial charge is 0.212 e. The highest BCUT2D eigenvalue weighted by Crippen LogP contribution is 2.31. The van der Waals surface area contributed by atoms with Crippen LogP contribution in [0.3, 0.4) is 0 Å². The van der Waals surface area contributed by atoms with Crippen LogP contribution in [-0.4, -0.2) is 16.3 Å².